The number of hydrogen-bond acceptors (Lipinski definition) is 5. The van der Waals surface area contributed by atoms with Crippen LogP contribution < -0.4 is 5.73 Å². The summed E-state index contributed by atoms with van der Waals surface area (Å²) in [6.45, 7) is 1.98. The molecule has 0 saturated carbocycles. The SMILES string of the molecule is C[C@@]1(c2cc(CC(=O)c3ncc(F)cc3F)ccc2F)COCC(N)=N1. The van der Waals surface area contributed by atoms with Crippen LogP contribution >= 0.6 is 0 Å². The number of halogens is 3. The van der Waals surface area contributed by atoms with Crippen LogP contribution in [-0.2, 0) is 16.7 Å². The average molecular weight is 363 g/mol. The van der Waals surface area contributed by atoms with Gasteiger partial charge in [0.2, 0.25) is 0 Å². The predicted octanol–water partition coefficient (Wildman–Crippen LogP) is 2.53. The summed E-state index contributed by atoms with van der Waals surface area (Å²) in [7, 11) is 0. The second kappa shape index (κ2) is 6.87. The highest BCUT2D eigenvalue weighted by molar-refractivity contribution is 5.96. The van der Waals surface area contributed by atoms with Gasteiger partial charge < -0.3 is 10.5 Å². The molecule has 2 heterocycles. The van der Waals surface area contributed by atoms with Crippen LogP contribution in [0.25, 0.3) is 0 Å². The molecule has 0 saturated heterocycles. The van der Waals surface area contributed by atoms with Crippen LogP contribution in [0.1, 0.15) is 28.5 Å². The van der Waals surface area contributed by atoms with Crippen molar-refractivity contribution in [2.24, 2.45) is 10.7 Å². The van der Waals surface area contributed by atoms with Gasteiger partial charge >= 0.3 is 0 Å². The molecule has 0 unspecified atom stereocenters. The van der Waals surface area contributed by atoms with E-state index < -0.39 is 34.5 Å². The van der Waals surface area contributed by atoms with E-state index in [4.69, 9.17) is 10.5 Å². The molecule has 5 nitrogen and oxygen atoms in total. The molecule has 1 aliphatic heterocycles. The Morgan fingerprint density at radius 1 is 1.27 bits per heavy atom. The van der Waals surface area contributed by atoms with Crippen molar-refractivity contribution in [3.8, 4) is 0 Å². The van der Waals surface area contributed by atoms with Crippen LogP contribution in [0.2, 0.25) is 0 Å². The van der Waals surface area contributed by atoms with Gasteiger partial charge in [-0.05, 0) is 24.6 Å². The molecule has 1 atom stereocenters. The van der Waals surface area contributed by atoms with Gasteiger partial charge in [-0.3, -0.25) is 9.79 Å². The third kappa shape index (κ3) is 3.60. The van der Waals surface area contributed by atoms with Gasteiger partial charge in [0.15, 0.2) is 11.6 Å². The lowest BCUT2D eigenvalue weighted by molar-refractivity contribution is 0.0982. The average Bonchev–Trinajstić information content (AvgIpc) is 2.56. The third-order valence-corrected chi connectivity index (χ3v) is 4.07. The number of pyridine rings is 1. The number of rotatable bonds is 4. The molecule has 8 heteroatoms. The van der Waals surface area contributed by atoms with E-state index in [1.54, 1.807) is 6.92 Å². The molecular weight excluding hydrogens is 347 g/mol. The number of aromatic nitrogens is 1. The minimum absolute atomic E-state index is 0.135. The number of Topliss-reactive ketones (excluding diaryl/α,β-unsaturated/α-hetero) is 1. The first-order chi connectivity index (χ1) is 12.3. The standard InChI is InChI=1S/C18H16F3N3O2/c1-18(9-26-8-16(22)24-18)12-4-10(2-3-13(12)20)5-15(25)17-14(21)6-11(19)7-23-17/h2-4,6-7H,5,8-9H2,1H3,(H2,22,24)/t18-/m0/s1. The Morgan fingerprint density at radius 2 is 2.04 bits per heavy atom. The van der Waals surface area contributed by atoms with E-state index in [-0.39, 0.29) is 31.0 Å². The fraction of sp³-hybridized carbons (Fsp3) is 0.278. The molecule has 0 amide bonds. The summed E-state index contributed by atoms with van der Waals surface area (Å²) in [6.07, 6.45) is 0.545. The Labute approximate surface area is 147 Å². The molecule has 0 fully saturated rings. The largest absolute Gasteiger partial charge is 0.386 e. The molecule has 0 spiro atoms. The number of aliphatic imine (C=N–C) groups is 1. The van der Waals surface area contributed by atoms with Crippen molar-refractivity contribution in [1.82, 2.24) is 4.98 Å². The van der Waals surface area contributed by atoms with Crippen LogP contribution in [0.5, 0.6) is 0 Å². The maximum atomic E-state index is 14.3. The summed E-state index contributed by atoms with van der Waals surface area (Å²) in [5.41, 5.74) is 4.86. The van der Waals surface area contributed by atoms with E-state index >= 15 is 0 Å². The normalized spacial score (nSPS) is 19.9. The summed E-state index contributed by atoms with van der Waals surface area (Å²) in [5, 5.41) is 0. The highest BCUT2D eigenvalue weighted by Gasteiger charge is 2.33. The molecule has 2 N–H and O–H groups in total. The molecule has 1 aliphatic rings. The summed E-state index contributed by atoms with van der Waals surface area (Å²) in [5.74, 6) is -2.83. The summed E-state index contributed by atoms with van der Waals surface area (Å²) in [6, 6.07) is 4.69. The number of hydrogen-bond donors (Lipinski definition) is 1. The summed E-state index contributed by atoms with van der Waals surface area (Å²) in [4.78, 5) is 20.0. The topological polar surface area (TPSA) is 77.6 Å². The highest BCUT2D eigenvalue weighted by atomic mass is 19.1. The molecule has 2 aromatic rings. The number of benzene rings is 1. The quantitative estimate of drug-likeness (QED) is 0.847. The lowest BCUT2D eigenvalue weighted by Crippen LogP contribution is -2.38. The fourth-order valence-electron chi connectivity index (χ4n) is 2.86. The maximum absolute atomic E-state index is 14.3. The lowest BCUT2D eigenvalue weighted by atomic mass is 9.90. The van der Waals surface area contributed by atoms with E-state index in [9.17, 15) is 18.0 Å². The van der Waals surface area contributed by atoms with Gasteiger partial charge in [0.05, 0.1) is 12.8 Å². The van der Waals surface area contributed by atoms with E-state index in [1.807, 2.05) is 0 Å². The summed E-state index contributed by atoms with van der Waals surface area (Å²) >= 11 is 0. The van der Waals surface area contributed by atoms with Crippen LogP contribution in [0.3, 0.4) is 0 Å². The lowest BCUT2D eigenvalue weighted by Gasteiger charge is -2.30. The molecule has 3 rings (SSSR count). The van der Waals surface area contributed by atoms with E-state index in [1.165, 1.54) is 18.2 Å². The number of amidine groups is 1. The second-order valence-electron chi connectivity index (χ2n) is 6.27. The third-order valence-electron chi connectivity index (χ3n) is 4.07. The first-order valence-corrected chi connectivity index (χ1v) is 7.83. The Bertz CT molecular complexity index is 901. The molecular formula is C18H16F3N3O2. The predicted molar refractivity (Wildman–Crippen MR) is 88.4 cm³/mol. The monoisotopic (exact) mass is 363 g/mol. The first kappa shape index (κ1) is 18.1. The number of nitrogens with zero attached hydrogens (tertiary/aromatic N) is 2. The molecule has 1 aromatic carbocycles. The van der Waals surface area contributed by atoms with Gasteiger partial charge in [-0.25, -0.2) is 18.2 Å². The minimum atomic E-state index is -1.04. The van der Waals surface area contributed by atoms with E-state index in [0.29, 0.717) is 11.6 Å². The number of carbonyl (C=O) groups is 1. The Hall–Kier alpha value is -2.74. The van der Waals surface area contributed by atoms with Gasteiger partial charge in [0.1, 0.15) is 35.3 Å². The number of nitrogens with two attached hydrogens (primary N) is 1. The van der Waals surface area contributed by atoms with Crippen molar-refractivity contribution in [3.63, 3.8) is 0 Å². The zero-order valence-electron chi connectivity index (χ0n) is 13.9. The van der Waals surface area contributed by atoms with Gasteiger partial charge in [0.25, 0.3) is 0 Å². The zero-order chi connectivity index (χ0) is 18.9. The molecule has 1 aromatic heterocycles. The van der Waals surface area contributed by atoms with Crippen molar-refractivity contribution in [2.45, 2.75) is 18.9 Å². The number of carbonyl (C=O) groups excluding carboxylic acids is 1. The minimum Gasteiger partial charge on any atom is -0.386 e. The van der Waals surface area contributed by atoms with Crippen LogP contribution in [-0.4, -0.2) is 29.8 Å². The Balaban J connectivity index is 1.90. The van der Waals surface area contributed by atoms with Crippen molar-refractivity contribution in [2.75, 3.05) is 13.2 Å². The molecule has 0 bridgehead atoms. The fourth-order valence-corrected chi connectivity index (χ4v) is 2.86. The van der Waals surface area contributed by atoms with Gasteiger partial charge in [-0.1, -0.05) is 6.07 Å². The van der Waals surface area contributed by atoms with Gasteiger partial charge in [-0.15, -0.1) is 0 Å². The van der Waals surface area contributed by atoms with Crippen LogP contribution in [0.15, 0.2) is 35.5 Å². The molecule has 0 radical (unpaired) electrons. The zero-order valence-corrected chi connectivity index (χ0v) is 13.9. The smallest absolute Gasteiger partial charge is 0.188 e. The van der Waals surface area contributed by atoms with Gasteiger partial charge in [0, 0.05) is 18.1 Å². The number of ether oxygens (including phenoxy) is 1. The second-order valence-corrected chi connectivity index (χ2v) is 6.27. The van der Waals surface area contributed by atoms with Gasteiger partial charge in [-0.2, -0.15) is 0 Å². The first-order valence-electron chi connectivity index (χ1n) is 7.83. The molecule has 0 aliphatic carbocycles. The molecule has 26 heavy (non-hydrogen) atoms. The molecule has 136 valence electrons. The highest BCUT2D eigenvalue weighted by Crippen LogP contribution is 2.31. The van der Waals surface area contributed by atoms with E-state index in [0.717, 1.165) is 6.20 Å². The van der Waals surface area contributed by atoms with Crippen molar-refractivity contribution in [3.05, 3.63) is 64.7 Å². The summed E-state index contributed by atoms with van der Waals surface area (Å²) < 4.78 is 46.3. The van der Waals surface area contributed by atoms with Crippen LogP contribution in [0.4, 0.5) is 13.2 Å². The van der Waals surface area contributed by atoms with Crippen LogP contribution in [0, 0.1) is 17.5 Å². The Morgan fingerprint density at radius 3 is 2.73 bits per heavy atom. The number of ketones is 1. The van der Waals surface area contributed by atoms with Crippen molar-refractivity contribution >= 4 is 11.6 Å². The van der Waals surface area contributed by atoms with Crippen molar-refractivity contribution in [1.29, 1.82) is 0 Å². The van der Waals surface area contributed by atoms with Crippen molar-refractivity contribution < 1.29 is 22.7 Å². The maximum Gasteiger partial charge on any atom is 0.188 e. The van der Waals surface area contributed by atoms with E-state index in [2.05, 4.69) is 9.98 Å². The Kier molecular flexibility index (Phi) is 4.78.